The van der Waals surface area contributed by atoms with Gasteiger partial charge < -0.3 is 33.2 Å². The Kier molecular flexibility index (Phi) is 17.9. The zero-order valence-corrected chi connectivity index (χ0v) is 33.5. The fourth-order valence-electron chi connectivity index (χ4n) is 6.26. The normalized spacial score (nSPS) is 24.6. The third kappa shape index (κ3) is 12.2. The molecule has 2 aromatic rings. The van der Waals surface area contributed by atoms with Crippen LogP contribution in [0.4, 0.5) is 0 Å². The molecule has 2 aliphatic rings. The molecule has 2 aromatic carbocycles. The standard InChI is InChI=1S/C40H58ClIO8/c1-6-10-17-45-38-36(26-48-27(5)43)50-37(39(46-18-11-7-2)40(38)47-19-12-8-3)33-22-29(20-28-13-15-32(16-14-28)44-9-4)34(41)23-35(33)49-25-31-21-30(31)24-42/h13-16,22-23,30-31,36-40H,6-12,17-21,24-26H2,1-5H3/t30-,31+,36+,37-,38+,39-,40-/m0/s1. The van der Waals surface area contributed by atoms with Gasteiger partial charge in [-0.2, -0.15) is 0 Å². The lowest BCUT2D eigenvalue weighted by atomic mass is 9.88. The molecule has 10 heteroatoms. The van der Waals surface area contributed by atoms with E-state index in [4.69, 9.17) is 44.8 Å². The van der Waals surface area contributed by atoms with Crippen LogP contribution in [-0.4, -0.2) is 74.5 Å². The van der Waals surface area contributed by atoms with E-state index in [2.05, 4.69) is 61.6 Å². The predicted octanol–water partition coefficient (Wildman–Crippen LogP) is 9.34. The minimum atomic E-state index is -0.587. The lowest BCUT2D eigenvalue weighted by Crippen LogP contribution is -2.58. The lowest BCUT2D eigenvalue weighted by molar-refractivity contribution is -0.267. The summed E-state index contributed by atoms with van der Waals surface area (Å²) in [6, 6.07) is 12.2. The van der Waals surface area contributed by atoms with E-state index in [9.17, 15) is 4.79 Å². The molecule has 0 amide bonds. The van der Waals surface area contributed by atoms with Gasteiger partial charge in [0, 0.05) is 41.8 Å². The van der Waals surface area contributed by atoms with Crippen molar-refractivity contribution in [2.24, 2.45) is 11.8 Å². The molecule has 50 heavy (non-hydrogen) atoms. The Morgan fingerprint density at radius 2 is 1.48 bits per heavy atom. The lowest BCUT2D eigenvalue weighted by Gasteiger charge is -2.46. The number of halogens is 2. The van der Waals surface area contributed by atoms with Crippen LogP contribution in [0.3, 0.4) is 0 Å². The van der Waals surface area contributed by atoms with Gasteiger partial charge in [-0.15, -0.1) is 0 Å². The summed E-state index contributed by atoms with van der Waals surface area (Å²) in [5.74, 6) is 2.34. The summed E-state index contributed by atoms with van der Waals surface area (Å²) in [5, 5.41) is 0.631. The molecule has 7 atom stereocenters. The van der Waals surface area contributed by atoms with E-state index < -0.39 is 30.5 Å². The number of alkyl halides is 1. The van der Waals surface area contributed by atoms with Crippen molar-refractivity contribution in [3.05, 3.63) is 58.1 Å². The van der Waals surface area contributed by atoms with Crippen molar-refractivity contribution in [1.29, 1.82) is 0 Å². The fraction of sp³-hybridized carbons (Fsp3) is 0.675. The maximum atomic E-state index is 12.1. The smallest absolute Gasteiger partial charge is 0.302 e. The maximum absolute atomic E-state index is 12.1. The Morgan fingerprint density at radius 1 is 0.840 bits per heavy atom. The van der Waals surface area contributed by atoms with Crippen LogP contribution in [0, 0.1) is 11.8 Å². The summed E-state index contributed by atoms with van der Waals surface area (Å²) in [5.41, 5.74) is 2.91. The number of hydrogen-bond donors (Lipinski definition) is 0. The quantitative estimate of drug-likeness (QED) is 0.0475. The molecular formula is C40H58ClIO8. The van der Waals surface area contributed by atoms with Crippen molar-refractivity contribution < 1.29 is 38.0 Å². The summed E-state index contributed by atoms with van der Waals surface area (Å²) < 4.78 is 46.0. The van der Waals surface area contributed by atoms with Crippen LogP contribution in [0.25, 0.3) is 0 Å². The molecule has 4 rings (SSSR count). The van der Waals surface area contributed by atoms with Gasteiger partial charge in [-0.05, 0) is 86.3 Å². The highest BCUT2D eigenvalue weighted by Crippen LogP contribution is 2.45. The van der Waals surface area contributed by atoms with E-state index in [0.29, 0.717) is 62.1 Å². The van der Waals surface area contributed by atoms with Gasteiger partial charge in [-0.25, -0.2) is 0 Å². The first kappa shape index (κ1) is 41.1. The van der Waals surface area contributed by atoms with Crippen LogP contribution in [-0.2, 0) is 34.9 Å². The van der Waals surface area contributed by atoms with E-state index >= 15 is 0 Å². The molecule has 1 saturated heterocycles. The van der Waals surface area contributed by atoms with Gasteiger partial charge >= 0.3 is 5.97 Å². The summed E-state index contributed by atoms with van der Waals surface area (Å²) in [6.07, 6.45) is 4.84. The van der Waals surface area contributed by atoms with Gasteiger partial charge in [-0.1, -0.05) is 86.4 Å². The average Bonchev–Trinajstić information content (AvgIpc) is 3.88. The van der Waals surface area contributed by atoms with Crippen molar-refractivity contribution in [2.75, 3.05) is 44.1 Å². The molecule has 0 radical (unpaired) electrons. The van der Waals surface area contributed by atoms with Crippen LogP contribution in [0.15, 0.2) is 36.4 Å². The third-order valence-corrected chi connectivity index (χ3v) is 10.8. The Hall–Kier alpha value is -1.63. The van der Waals surface area contributed by atoms with E-state index in [1.54, 1.807) is 0 Å². The van der Waals surface area contributed by atoms with Gasteiger partial charge in [0.25, 0.3) is 0 Å². The van der Waals surface area contributed by atoms with Crippen LogP contribution in [0.1, 0.15) is 102 Å². The monoisotopic (exact) mass is 828 g/mol. The zero-order valence-electron chi connectivity index (χ0n) is 30.6. The van der Waals surface area contributed by atoms with Crippen LogP contribution >= 0.6 is 34.2 Å². The highest BCUT2D eigenvalue weighted by Gasteiger charge is 2.50. The van der Waals surface area contributed by atoms with Crippen LogP contribution in [0.5, 0.6) is 11.5 Å². The third-order valence-electron chi connectivity index (χ3n) is 9.34. The first-order valence-electron chi connectivity index (χ1n) is 18.7. The van der Waals surface area contributed by atoms with Crippen LogP contribution in [0.2, 0.25) is 5.02 Å². The molecule has 0 spiro atoms. The SMILES string of the molecule is CCCCO[C@@H]1[C@@H](OCCCC)[C@H](c2cc(Cc3ccc(OCC)cc3)c(Cl)cc2OC[C@H]2C[C@H]2CI)O[C@H](COC(C)=O)[C@H]1OCCCC. The van der Waals surface area contributed by atoms with Crippen molar-refractivity contribution in [2.45, 2.75) is 117 Å². The maximum Gasteiger partial charge on any atom is 0.302 e. The minimum absolute atomic E-state index is 0.0418. The second-order valence-corrected chi connectivity index (χ2v) is 14.7. The second kappa shape index (κ2) is 21.8. The number of benzene rings is 2. The number of esters is 1. The van der Waals surface area contributed by atoms with E-state index in [-0.39, 0.29) is 12.6 Å². The summed E-state index contributed by atoms with van der Waals surface area (Å²) in [6.45, 7) is 12.7. The van der Waals surface area contributed by atoms with Crippen molar-refractivity contribution in [3.8, 4) is 11.5 Å². The molecule has 1 aliphatic heterocycles. The molecule has 1 aliphatic carbocycles. The fourth-order valence-corrected chi connectivity index (χ4v) is 7.55. The number of unbranched alkanes of at least 4 members (excludes halogenated alkanes) is 3. The van der Waals surface area contributed by atoms with Gasteiger partial charge in [0.2, 0.25) is 0 Å². The van der Waals surface area contributed by atoms with E-state index in [0.717, 1.165) is 65.4 Å². The van der Waals surface area contributed by atoms with Gasteiger partial charge in [0.15, 0.2) is 0 Å². The van der Waals surface area contributed by atoms with Gasteiger partial charge in [0.1, 0.15) is 48.6 Å². The first-order chi connectivity index (χ1) is 24.3. The first-order valence-corrected chi connectivity index (χ1v) is 20.6. The predicted molar refractivity (Wildman–Crippen MR) is 206 cm³/mol. The average molecular weight is 829 g/mol. The highest BCUT2D eigenvalue weighted by atomic mass is 127. The Labute approximate surface area is 318 Å². The largest absolute Gasteiger partial charge is 0.494 e. The topological polar surface area (TPSA) is 81.7 Å². The summed E-state index contributed by atoms with van der Waals surface area (Å²) in [7, 11) is 0. The molecule has 2 fully saturated rings. The molecule has 280 valence electrons. The van der Waals surface area contributed by atoms with E-state index in [1.807, 2.05) is 25.1 Å². The number of hydrogen-bond acceptors (Lipinski definition) is 8. The molecule has 0 aromatic heterocycles. The minimum Gasteiger partial charge on any atom is -0.494 e. The number of carbonyl (C=O) groups is 1. The molecule has 1 heterocycles. The second-order valence-electron chi connectivity index (χ2n) is 13.4. The number of carbonyl (C=O) groups excluding carboxylic acids is 1. The van der Waals surface area contributed by atoms with Crippen molar-refractivity contribution in [1.82, 2.24) is 0 Å². The zero-order chi connectivity index (χ0) is 35.9. The Bertz CT molecular complexity index is 1290. The number of ether oxygens (including phenoxy) is 7. The van der Waals surface area contributed by atoms with Gasteiger partial charge in [-0.3, -0.25) is 4.79 Å². The molecule has 0 bridgehead atoms. The molecule has 1 saturated carbocycles. The number of rotatable bonds is 23. The Balaban J connectivity index is 1.78. The van der Waals surface area contributed by atoms with Gasteiger partial charge in [0.05, 0.1) is 13.2 Å². The summed E-state index contributed by atoms with van der Waals surface area (Å²) in [4.78, 5) is 12.1. The summed E-state index contributed by atoms with van der Waals surface area (Å²) >= 11 is 9.49. The highest BCUT2D eigenvalue weighted by molar-refractivity contribution is 14.1. The molecular weight excluding hydrogens is 771 g/mol. The molecule has 0 N–H and O–H groups in total. The van der Waals surface area contributed by atoms with Crippen LogP contribution < -0.4 is 9.47 Å². The molecule has 0 unspecified atom stereocenters. The molecule has 8 nitrogen and oxygen atoms in total. The van der Waals surface area contributed by atoms with E-state index in [1.165, 1.54) is 13.3 Å². The van der Waals surface area contributed by atoms with Crippen molar-refractivity contribution in [3.63, 3.8) is 0 Å². The Morgan fingerprint density at radius 3 is 2.06 bits per heavy atom. The van der Waals surface area contributed by atoms with Crippen molar-refractivity contribution >= 4 is 40.2 Å².